The summed E-state index contributed by atoms with van der Waals surface area (Å²) >= 11 is 5.92. The topological polar surface area (TPSA) is 29.5 Å². The summed E-state index contributed by atoms with van der Waals surface area (Å²) in [6.07, 6.45) is 2.18. The molecular formula is C19H19ClF2O2. The minimum Gasteiger partial charge on any atom is -0.435 e. The average molecular weight is 353 g/mol. The van der Waals surface area contributed by atoms with Gasteiger partial charge in [-0.1, -0.05) is 35.9 Å². The first-order valence-corrected chi connectivity index (χ1v) is 8.38. The third-order valence-electron chi connectivity index (χ3n) is 4.44. The summed E-state index contributed by atoms with van der Waals surface area (Å²) in [4.78, 5) is 0. The van der Waals surface area contributed by atoms with Gasteiger partial charge in [-0.25, -0.2) is 0 Å². The number of hydrogen-bond donors (Lipinski definition) is 1. The summed E-state index contributed by atoms with van der Waals surface area (Å²) in [6, 6.07) is 13.9. The Morgan fingerprint density at radius 2 is 1.83 bits per heavy atom. The van der Waals surface area contributed by atoms with E-state index in [-0.39, 0.29) is 11.7 Å². The summed E-state index contributed by atoms with van der Waals surface area (Å²) < 4.78 is 29.2. The Hall–Kier alpha value is -1.65. The summed E-state index contributed by atoms with van der Waals surface area (Å²) in [5.41, 5.74) is 1.72. The van der Waals surface area contributed by atoms with Crippen LogP contribution in [0.1, 0.15) is 30.1 Å². The molecule has 0 heterocycles. The average Bonchev–Trinajstić information content (AvgIpc) is 3.38. The second kappa shape index (κ2) is 7.49. The highest BCUT2D eigenvalue weighted by molar-refractivity contribution is 6.30. The first-order valence-electron chi connectivity index (χ1n) is 8.00. The lowest BCUT2D eigenvalue weighted by atomic mass is 9.86. The van der Waals surface area contributed by atoms with E-state index in [0.717, 1.165) is 24.8 Å². The molecule has 0 spiro atoms. The molecule has 1 fully saturated rings. The number of aliphatic hydroxyl groups excluding tert-OH is 1. The number of hydrogen-bond acceptors (Lipinski definition) is 2. The molecule has 128 valence electrons. The van der Waals surface area contributed by atoms with Crippen LogP contribution in [0, 0.1) is 11.8 Å². The summed E-state index contributed by atoms with van der Waals surface area (Å²) in [5, 5.41) is 11.5. The van der Waals surface area contributed by atoms with E-state index in [1.54, 1.807) is 12.1 Å². The summed E-state index contributed by atoms with van der Waals surface area (Å²) in [5.74, 6) is 0.575. The highest BCUT2D eigenvalue weighted by Gasteiger charge is 2.36. The molecule has 0 aromatic heterocycles. The molecule has 2 atom stereocenters. The SMILES string of the molecule is OC(c1cccc(OC(F)F)c1)C(Cc1ccc(Cl)cc1)C1CC1. The van der Waals surface area contributed by atoms with Crippen LogP contribution in [0.3, 0.4) is 0 Å². The van der Waals surface area contributed by atoms with E-state index >= 15 is 0 Å². The van der Waals surface area contributed by atoms with Gasteiger partial charge in [-0.05, 0) is 66.5 Å². The fourth-order valence-corrected chi connectivity index (χ4v) is 3.20. The van der Waals surface area contributed by atoms with Gasteiger partial charge in [0.05, 0.1) is 6.10 Å². The summed E-state index contributed by atoms with van der Waals surface area (Å²) in [6.45, 7) is -2.87. The standard InChI is InChI=1S/C19H19ClF2O2/c20-15-8-4-12(5-9-15)10-17(13-6-7-13)18(23)14-2-1-3-16(11-14)24-19(21)22/h1-5,8-9,11,13,17-19,23H,6-7,10H2. The molecule has 2 aromatic rings. The van der Waals surface area contributed by atoms with Gasteiger partial charge in [-0.2, -0.15) is 8.78 Å². The van der Waals surface area contributed by atoms with Gasteiger partial charge in [0.2, 0.25) is 0 Å². The van der Waals surface area contributed by atoms with Crippen LogP contribution < -0.4 is 4.74 Å². The Morgan fingerprint density at radius 1 is 1.12 bits per heavy atom. The molecule has 1 aliphatic rings. The predicted molar refractivity (Wildman–Crippen MR) is 89.4 cm³/mol. The van der Waals surface area contributed by atoms with E-state index in [1.807, 2.05) is 24.3 Å². The van der Waals surface area contributed by atoms with Crippen molar-refractivity contribution in [3.63, 3.8) is 0 Å². The van der Waals surface area contributed by atoms with Crippen molar-refractivity contribution in [3.05, 3.63) is 64.7 Å². The number of aliphatic hydroxyl groups is 1. The Balaban J connectivity index is 1.77. The van der Waals surface area contributed by atoms with E-state index < -0.39 is 12.7 Å². The van der Waals surface area contributed by atoms with E-state index in [9.17, 15) is 13.9 Å². The normalized spacial score (nSPS) is 16.9. The molecule has 0 saturated heterocycles. The van der Waals surface area contributed by atoms with E-state index in [1.165, 1.54) is 12.1 Å². The van der Waals surface area contributed by atoms with Crippen molar-refractivity contribution in [1.82, 2.24) is 0 Å². The maximum absolute atomic E-state index is 12.4. The summed E-state index contributed by atoms with van der Waals surface area (Å²) in [7, 11) is 0. The van der Waals surface area contributed by atoms with Crippen molar-refractivity contribution in [2.75, 3.05) is 0 Å². The van der Waals surface area contributed by atoms with Crippen molar-refractivity contribution in [2.24, 2.45) is 11.8 Å². The van der Waals surface area contributed by atoms with Crippen LogP contribution in [0.15, 0.2) is 48.5 Å². The van der Waals surface area contributed by atoms with Crippen molar-refractivity contribution < 1.29 is 18.6 Å². The van der Waals surface area contributed by atoms with Crippen LogP contribution in [0.2, 0.25) is 5.02 Å². The molecule has 0 aliphatic heterocycles. The number of rotatable bonds is 7. The molecule has 1 N–H and O–H groups in total. The highest BCUT2D eigenvalue weighted by atomic mass is 35.5. The maximum Gasteiger partial charge on any atom is 0.387 e. The molecule has 5 heteroatoms. The number of halogens is 3. The van der Waals surface area contributed by atoms with Gasteiger partial charge in [-0.3, -0.25) is 0 Å². The highest BCUT2D eigenvalue weighted by Crippen LogP contribution is 2.45. The zero-order valence-corrected chi connectivity index (χ0v) is 13.8. The largest absolute Gasteiger partial charge is 0.435 e. The Kier molecular flexibility index (Phi) is 5.36. The molecule has 1 aliphatic carbocycles. The van der Waals surface area contributed by atoms with Crippen LogP contribution in [0.5, 0.6) is 5.75 Å². The third kappa shape index (κ3) is 4.46. The minimum atomic E-state index is -2.87. The second-order valence-corrected chi connectivity index (χ2v) is 6.66. The van der Waals surface area contributed by atoms with Gasteiger partial charge < -0.3 is 9.84 Å². The Labute approximate surface area is 145 Å². The third-order valence-corrected chi connectivity index (χ3v) is 4.69. The van der Waals surface area contributed by atoms with E-state index in [0.29, 0.717) is 16.5 Å². The van der Waals surface area contributed by atoms with Crippen molar-refractivity contribution in [1.29, 1.82) is 0 Å². The lowest BCUT2D eigenvalue weighted by Gasteiger charge is -2.24. The van der Waals surface area contributed by atoms with Gasteiger partial charge in [0, 0.05) is 5.02 Å². The molecule has 2 aromatic carbocycles. The van der Waals surface area contributed by atoms with Crippen molar-refractivity contribution >= 4 is 11.6 Å². The van der Waals surface area contributed by atoms with Crippen molar-refractivity contribution in [3.8, 4) is 5.75 Å². The van der Waals surface area contributed by atoms with Gasteiger partial charge in [0.15, 0.2) is 0 Å². The molecule has 1 saturated carbocycles. The molecule has 2 nitrogen and oxygen atoms in total. The molecule has 0 radical (unpaired) electrons. The first kappa shape index (κ1) is 17.2. The Bertz CT molecular complexity index is 671. The molecule has 3 rings (SSSR count). The van der Waals surface area contributed by atoms with Gasteiger partial charge >= 0.3 is 6.61 Å². The van der Waals surface area contributed by atoms with Crippen LogP contribution >= 0.6 is 11.6 Å². The second-order valence-electron chi connectivity index (χ2n) is 6.23. The molecule has 24 heavy (non-hydrogen) atoms. The quantitative estimate of drug-likeness (QED) is 0.738. The fourth-order valence-electron chi connectivity index (χ4n) is 3.08. The lowest BCUT2D eigenvalue weighted by molar-refractivity contribution is -0.0500. The van der Waals surface area contributed by atoms with E-state index in [2.05, 4.69) is 4.74 Å². The number of ether oxygens (including phenoxy) is 1. The first-order chi connectivity index (χ1) is 11.5. The predicted octanol–water partition coefficient (Wildman–Crippen LogP) is 5.24. The maximum atomic E-state index is 12.4. The number of benzene rings is 2. The smallest absolute Gasteiger partial charge is 0.387 e. The fraction of sp³-hybridized carbons (Fsp3) is 0.368. The molecule has 0 bridgehead atoms. The van der Waals surface area contributed by atoms with Gasteiger partial charge in [0.1, 0.15) is 5.75 Å². The van der Waals surface area contributed by atoms with Crippen LogP contribution in [-0.2, 0) is 6.42 Å². The lowest BCUT2D eigenvalue weighted by Crippen LogP contribution is -2.18. The molecule has 0 amide bonds. The number of alkyl halides is 2. The minimum absolute atomic E-state index is 0.0491. The monoisotopic (exact) mass is 352 g/mol. The molecule has 2 unspecified atom stereocenters. The van der Waals surface area contributed by atoms with Crippen LogP contribution in [-0.4, -0.2) is 11.7 Å². The van der Waals surface area contributed by atoms with Crippen LogP contribution in [0.4, 0.5) is 8.78 Å². The zero-order chi connectivity index (χ0) is 17.1. The van der Waals surface area contributed by atoms with Gasteiger partial charge in [-0.15, -0.1) is 0 Å². The Morgan fingerprint density at radius 3 is 2.46 bits per heavy atom. The van der Waals surface area contributed by atoms with Crippen LogP contribution in [0.25, 0.3) is 0 Å². The van der Waals surface area contributed by atoms with Gasteiger partial charge in [0.25, 0.3) is 0 Å². The zero-order valence-electron chi connectivity index (χ0n) is 13.0. The van der Waals surface area contributed by atoms with E-state index in [4.69, 9.17) is 11.6 Å². The van der Waals surface area contributed by atoms with Crippen molar-refractivity contribution in [2.45, 2.75) is 32.0 Å². The molecular weight excluding hydrogens is 334 g/mol.